The Morgan fingerprint density at radius 2 is 1.89 bits per heavy atom. The molecule has 3 rings (SSSR count). The second kappa shape index (κ2) is 9.56. The highest BCUT2D eigenvalue weighted by molar-refractivity contribution is 5.78. The summed E-state index contributed by atoms with van der Waals surface area (Å²) < 4.78 is 5.77. The molecule has 1 aliphatic rings. The van der Waals surface area contributed by atoms with Gasteiger partial charge in [-0.25, -0.2) is 0 Å². The van der Waals surface area contributed by atoms with Gasteiger partial charge in [0.2, 0.25) is 5.91 Å². The van der Waals surface area contributed by atoms with Crippen molar-refractivity contribution in [1.29, 1.82) is 0 Å². The van der Waals surface area contributed by atoms with Gasteiger partial charge < -0.3 is 14.5 Å². The number of benzene rings is 2. The van der Waals surface area contributed by atoms with Crippen LogP contribution in [0.4, 0.5) is 0 Å². The maximum absolute atomic E-state index is 13.0. The molecule has 1 amide bonds. The van der Waals surface area contributed by atoms with E-state index in [0.717, 1.165) is 38.2 Å². The molecule has 144 valence electrons. The van der Waals surface area contributed by atoms with E-state index in [-0.39, 0.29) is 11.8 Å². The van der Waals surface area contributed by atoms with Crippen molar-refractivity contribution in [3.63, 3.8) is 0 Å². The number of nitrogens with zero attached hydrogens (tertiary/aromatic N) is 1. The molecular formula is C23H31N2O2+. The molecule has 1 aliphatic heterocycles. The van der Waals surface area contributed by atoms with Gasteiger partial charge in [-0.2, -0.15) is 0 Å². The molecule has 2 aromatic rings. The third-order valence-corrected chi connectivity index (χ3v) is 5.32. The maximum atomic E-state index is 13.0. The fourth-order valence-corrected chi connectivity index (χ4v) is 3.98. The zero-order valence-corrected chi connectivity index (χ0v) is 16.5. The molecule has 0 radical (unpaired) electrons. The van der Waals surface area contributed by atoms with Gasteiger partial charge in [0.15, 0.2) is 0 Å². The van der Waals surface area contributed by atoms with Gasteiger partial charge in [0.05, 0.1) is 25.6 Å². The normalized spacial score (nSPS) is 19.5. The fraction of sp³-hybridized carbons (Fsp3) is 0.435. The first kappa shape index (κ1) is 19.4. The lowest BCUT2D eigenvalue weighted by atomic mass is 9.96. The van der Waals surface area contributed by atoms with Crippen LogP contribution in [0, 0.1) is 5.92 Å². The number of nitrogens with one attached hydrogen (secondary N) is 1. The zero-order chi connectivity index (χ0) is 19.1. The summed E-state index contributed by atoms with van der Waals surface area (Å²) in [4.78, 5) is 16.3. The molecule has 4 heteroatoms. The predicted octanol–water partition coefficient (Wildman–Crippen LogP) is 2.54. The minimum atomic E-state index is 0.113. The van der Waals surface area contributed by atoms with Crippen LogP contribution in [-0.4, -0.2) is 37.6 Å². The van der Waals surface area contributed by atoms with Crippen LogP contribution < -0.4 is 9.64 Å². The molecule has 1 unspecified atom stereocenters. The average molecular weight is 368 g/mol. The molecule has 0 spiro atoms. The van der Waals surface area contributed by atoms with Crippen LogP contribution in [0.2, 0.25) is 0 Å². The molecule has 27 heavy (non-hydrogen) atoms. The molecule has 2 aromatic carbocycles. The lowest BCUT2D eigenvalue weighted by molar-refractivity contribution is -0.921. The number of likely N-dealkylation sites (tertiary alicyclic amines) is 1. The third-order valence-electron chi connectivity index (χ3n) is 5.32. The number of hydrogen-bond donors (Lipinski definition) is 1. The van der Waals surface area contributed by atoms with Crippen molar-refractivity contribution in [1.82, 2.24) is 4.90 Å². The van der Waals surface area contributed by atoms with Gasteiger partial charge in [-0.1, -0.05) is 42.5 Å². The topological polar surface area (TPSA) is 34.0 Å². The lowest BCUT2D eigenvalue weighted by Gasteiger charge is -2.32. The summed E-state index contributed by atoms with van der Waals surface area (Å²) in [7, 11) is 1.92. The summed E-state index contributed by atoms with van der Waals surface area (Å²) in [5.74, 6) is 1.36. The Bertz CT molecular complexity index is 732. The van der Waals surface area contributed by atoms with Crippen LogP contribution in [0.25, 0.3) is 0 Å². The van der Waals surface area contributed by atoms with E-state index < -0.39 is 0 Å². The first-order valence-electron chi connectivity index (χ1n) is 10.0. The third kappa shape index (κ3) is 5.33. The molecule has 2 atom stereocenters. The van der Waals surface area contributed by atoms with Crippen LogP contribution in [0.1, 0.15) is 30.9 Å². The monoisotopic (exact) mass is 367 g/mol. The molecule has 0 aliphatic carbocycles. The van der Waals surface area contributed by atoms with E-state index in [1.165, 1.54) is 16.0 Å². The summed E-state index contributed by atoms with van der Waals surface area (Å²) in [6.45, 7) is 6.31. The van der Waals surface area contributed by atoms with E-state index in [1.54, 1.807) is 0 Å². The van der Waals surface area contributed by atoms with Crippen molar-refractivity contribution < 1.29 is 14.4 Å². The maximum Gasteiger partial charge on any atom is 0.231 e. The van der Waals surface area contributed by atoms with Crippen LogP contribution in [0.15, 0.2) is 54.6 Å². The Labute approximate surface area is 162 Å². The van der Waals surface area contributed by atoms with E-state index in [9.17, 15) is 4.79 Å². The van der Waals surface area contributed by atoms with E-state index in [4.69, 9.17) is 4.74 Å². The molecular weight excluding hydrogens is 336 g/mol. The van der Waals surface area contributed by atoms with Crippen molar-refractivity contribution in [2.75, 3.05) is 26.7 Å². The quantitative estimate of drug-likeness (QED) is 0.816. The Balaban J connectivity index is 1.59. The van der Waals surface area contributed by atoms with Gasteiger partial charge in [-0.15, -0.1) is 0 Å². The number of quaternary nitrogens is 1. The van der Waals surface area contributed by atoms with Gasteiger partial charge >= 0.3 is 0 Å². The van der Waals surface area contributed by atoms with Crippen molar-refractivity contribution in [3.8, 4) is 5.75 Å². The SMILES string of the molecule is CCOc1ccccc1C[NH+]1CCC[C@@H](C(=O)N(C)Cc2ccccc2)C1. The number of amides is 1. The number of ether oxygens (including phenoxy) is 1. The summed E-state index contributed by atoms with van der Waals surface area (Å²) in [6.07, 6.45) is 2.09. The molecule has 1 N–H and O–H groups in total. The Morgan fingerprint density at radius 1 is 1.15 bits per heavy atom. The lowest BCUT2D eigenvalue weighted by Crippen LogP contribution is -3.12. The van der Waals surface area contributed by atoms with Crippen LogP contribution in [0.3, 0.4) is 0 Å². The number of rotatable bonds is 7. The van der Waals surface area contributed by atoms with Gasteiger partial charge in [-0.3, -0.25) is 4.79 Å². The van der Waals surface area contributed by atoms with Gasteiger partial charge in [0.1, 0.15) is 12.3 Å². The second-order valence-electron chi connectivity index (χ2n) is 7.44. The highest BCUT2D eigenvalue weighted by Gasteiger charge is 2.31. The van der Waals surface area contributed by atoms with Gasteiger partial charge in [0.25, 0.3) is 0 Å². The van der Waals surface area contributed by atoms with E-state index >= 15 is 0 Å². The van der Waals surface area contributed by atoms with Crippen molar-refractivity contribution in [2.24, 2.45) is 5.92 Å². The number of hydrogen-bond acceptors (Lipinski definition) is 2. The predicted molar refractivity (Wildman–Crippen MR) is 108 cm³/mol. The van der Waals surface area contributed by atoms with E-state index in [1.807, 2.05) is 49.2 Å². The van der Waals surface area contributed by atoms with Crippen LogP contribution >= 0.6 is 0 Å². The number of carbonyl (C=O) groups is 1. The molecule has 0 aromatic heterocycles. The zero-order valence-electron chi connectivity index (χ0n) is 16.5. The van der Waals surface area contributed by atoms with Gasteiger partial charge in [0, 0.05) is 19.2 Å². The van der Waals surface area contributed by atoms with E-state index in [0.29, 0.717) is 13.2 Å². The average Bonchev–Trinajstić information content (AvgIpc) is 2.70. The first-order chi connectivity index (χ1) is 13.2. The van der Waals surface area contributed by atoms with Crippen molar-refractivity contribution in [2.45, 2.75) is 32.9 Å². The number of piperidine rings is 1. The minimum Gasteiger partial charge on any atom is -0.493 e. The Hall–Kier alpha value is -2.33. The standard InChI is InChI=1S/C23H30N2O2/c1-3-27-22-14-8-7-12-20(22)17-25-15-9-13-21(18-25)23(26)24(2)16-19-10-5-4-6-11-19/h4-8,10-12,14,21H,3,9,13,15-18H2,1-2H3/p+1/t21-/m1/s1. The highest BCUT2D eigenvalue weighted by atomic mass is 16.5. The second-order valence-corrected chi connectivity index (χ2v) is 7.44. The molecule has 0 saturated carbocycles. The van der Waals surface area contributed by atoms with Crippen molar-refractivity contribution in [3.05, 3.63) is 65.7 Å². The molecule has 1 heterocycles. The Morgan fingerprint density at radius 3 is 2.67 bits per heavy atom. The fourth-order valence-electron chi connectivity index (χ4n) is 3.98. The van der Waals surface area contributed by atoms with E-state index in [2.05, 4.69) is 24.3 Å². The molecule has 4 nitrogen and oxygen atoms in total. The summed E-state index contributed by atoms with van der Waals surface area (Å²) >= 11 is 0. The van der Waals surface area contributed by atoms with Crippen LogP contribution in [-0.2, 0) is 17.9 Å². The number of para-hydroxylation sites is 1. The first-order valence-corrected chi connectivity index (χ1v) is 10.0. The van der Waals surface area contributed by atoms with Crippen molar-refractivity contribution >= 4 is 5.91 Å². The summed E-state index contributed by atoms with van der Waals surface area (Å²) in [5.41, 5.74) is 2.42. The summed E-state index contributed by atoms with van der Waals surface area (Å²) in [5, 5.41) is 0. The summed E-state index contributed by atoms with van der Waals surface area (Å²) in [6, 6.07) is 18.5. The largest absolute Gasteiger partial charge is 0.493 e. The molecule has 1 fully saturated rings. The Kier molecular flexibility index (Phi) is 6.88. The minimum absolute atomic E-state index is 0.113. The molecule has 1 saturated heterocycles. The smallest absolute Gasteiger partial charge is 0.231 e. The number of carbonyl (C=O) groups excluding carboxylic acids is 1. The highest BCUT2D eigenvalue weighted by Crippen LogP contribution is 2.18. The van der Waals surface area contributed by atoms with Gasteiger partial charge in [-0.05, 0) is 37.5 Å². The molecule has 0 bridgehead atoms. The van der Waals surface area contributed by atoms with Crippen LogP contribution in [0.5, 0.6) is 5.75 Å².